The summed E-state index contributed by atoms with van der Waals surface area (Å²) in [6.45, 7) is 6.33. The molecule has 0 aromatic carbocycles. The lowest BCUT2D eigenvalue weighted by atomic mass is 10.4. The van der Waals surface area contributed by atoms with Gasteiger partial charge in [-0.1, -0.05) is 20.8 Å². The summed E-state index contributed by atoms with van der Waals surface area (Å²) in [5.74, 6) is -0.211. The minimum absolute atomic E-state index is 0.211. The molecule has 3 nitrogen and oxygen atoms in total. The smallest absolute Gasteiger partial charge is 0.248 e. The van der Waals surface area contributed by atoms with Crippen molar-refractivity contribution in [2.45, 2.75) is 27.2 Å². The molecule has 0 radical (unpaired) electrons. The molecule has 0 fully saturated rings. The number of carbonyl (C=O) groups excluding carboxylic acids is 1. The van der Waals surface area contributed by atoms with Gasteiger partial charge in [0.15, 0.2) is 0 Å². The maximum absolute atomic E-state index is 10.6. The molecule has 1 amide bonds. The van der Waals surface area contributed by atoms with Gasteiger partial charge in [-0.15, -0.1) is 0 Å². The average Bonchev–Trinajstić information content (AvgIpc) is 2.07. The first kappa shape index (κ1) is 13.1. The highest BCUT2D eigenvalue weighted by Gasteiger charge is 2.02. The zero-order valence-electron chi connectivity index (χ0n) is 7.92. The Morgan fingerprint density at radius 3 is 2.18 bits per heavy atom. The average molecular weight is 161 g/mol. The minimum Gasteiger partial charge on any atom is -0.387 e. The zero-order valence-corrected chi connectivity index (χ0v) is 7.92. The van der Waals surface area contributed by atoms with Gasteiger partial charge >= 0.3 is 0 Å². The van der Waals surface area contributed by atoms with Crippen molar-refractivity contribution in [1.29, 1.82) is 0 Å². The second-order valence-electron chi connectivity index (χ2n) is 1.97. The Morgan fingerprint density at radius 2 is 1.91 bits per heavy atom. The van der Waals surface area contributed by atoms with Gasteiger partial charge in [-0.3, -0.25) is 4.79 Å². The number of aliphatic hydroxyl groups excluding tert-OH is 1. The molecule has 0 spiro atoms. The van der Waals surface area contributed by atoms with E-state index in [1.54, 1.807) is 7.05 Å². The van der Waals surface area contributed by atoms with E-state index in [-0.39, 0.29) is 12.5 Å². The van der Waals surface area contributed by atoms with Crippen molar-refractivity contribution in [3.63, 3.8) is 0 Å². The van der Waals surface area contributed by atoms with Gasteiger partial charge in [0.2, 0.25) is 5.91 Å². The zero-order chi connectivity index (χ0) is 9.28. The van der Waals surface area contributed by atoms with E-state index < -0.39 is 0 Å². The van der Waals surface area contributed by atoms with Crippen molar-refractivity contribution in [1.82, 2.24) is 4.90 Å². The first-order valence-corrected chi connectivity index (χ1v) is 4.07. The summed E-state index contributed by atoms with van der Waals surface area (Å²) >= 11 is 0. The monoisotopic (exact) mass is 161 g/mol. The minimum atomic E-state index is -0.378. The van der Waals surface area contributed by atoms with Gasteiger partial charge in [-0.05, 0) is 6.42 Å². The molecule has 0 unspecified atom stereocenters. The van der Waals surface area contributed by atoms with Crippen LogP contribution in [0.4, 0.5) is 0 Å². The molecular formula is C8H19NO2. The molecule has 0 aromatic rings. The standard InChI is InChI=1S/C6H13NO2.C2H6/c1-3-4-7(2)6(9)5-8;1-2/h8H,3-5H2,1-2H3;1-2H3. The second-order valence-corrected chi connectivity index (χ2v) is 1.97. The van der Waals surface area contributed by atoms with Crippen LogP contribution in [0.15, 0.2) is 0 Å². The molecule has 0 saturated heterocycles. The number of nitrogens with zero attached hydrogens (tertiary/aromatic N) is 1. The predicted molar refractivity (Wildman–Crippen MR) is 46.4 cm³/mol. The highest BCUT2D eigenvalue weighted by Crippen LogP contribution is 1.85. The molecule has 0 bridgehead atoms. The molecule has 0 aliphatic heterocycles. The molecule has 1 N–H and O–H groups in total. The lowest BCUT2D eigenvalue weighted by Crippen LogP contribution is -2.29. The first-order valence-electron chi connectivity index (χ1n) is 4.07. The molecule has 0 atom stereocenters. The van der Waals surface area contributed by atoms with E-state index in [0.717, 1.165) is 13.0 Å². The number of hydrogen-bond donors (Lipinski definition) is 1. The molecule has 11 heavy (non-hydrogen) atoms. The number of likely N-dealkylation sites (N-methyl/N-ethyl adjacent to an activating group) is 1. The fraction of sp³-hybridized carbons (Fsp3) is 0.875. The van der Waals surface area contributed by atoms with Crippen LogP contribution in [0.1, 0.15) is 27.2 Å². The number of rotatable bonds is 3. The number of carbonyl (C=O) groups is 1. The maximum Gasteiger partial charge on any atom is 0.248 e. The van der Waals surface area contributed by atoms with Gasteiger partial charge in [0.1, 0.15) is 6.61 Å². The summed E-state index contributed by atoms with van der Waals surface area (Å²) in [6, 6.07) is 0. The van der Waals surface area contributed by atoms with Gasteiger partial charge in [0.25, 0.3) is 0 Å². The van der Waals surface area contributed by atoms with Crippen LogP contribution >= 0.6 is 0 Å². The second kappa shape index (κ2) is 9.43. The molecule has 0 aliphatic rings. The molecule has 0 aliphatic carbocycles. The summed E-state index contributed by atoms with van der Waals surface area (Å²) in [7, 11) is 1.68. The quantitative estimate of drug-likeness (QED) is 0.667. The summed E-state index contributed by atoms with van der Waals surface area (Å²) in [6.07, 6.45) is 0.933. The van der Waals surface area contributed by atoms with Crippen LogP contribution in [0.3, 0.4) is 0 Å². The van der Waals surface area contributed by atoms with E-state index in [2.05, 4.69) is 0 Å². The molecule has 3 heteroatoms. The van der Waals surface area contributed by atoms with Gasteiger partial charge in [-0.2, -0.15) is 0 Å². The highest BCUT2D eigenvalue weighted by molar-refractivity contribution is 5.76. The van der Waals surface area contributed by atoms with E-state index in [1.807, 2.05) is 20.8 Å². The summed E-state index contributed by atoms with van der Waals surface area (Å²) in [4.78, 5) is 12.1. The van der Waals surface area contributed by atoms with Crippen molar-refractivity contribution in [3.8, 4) is 0 Å². The molecule has 0 saturated carbocycles. The van der Waals surface area contributed by atoms with E-state index in [0.29, 0.717) is 0 Å². The largest absolute Gasteiger partial charge is 0.387 e. The molecule has 0 heterocycles. The normalized spacial score (nSPS) is 8.09. The third-order valence-corrected chi connectivity index (χ3v) is 1.12. The fourth-order valence-electron chi connectivity index (χ4n) is 0.581. The number of hydrogen-bond acceptors (Lipinski definition) is 2. The Hall–Kier alpha value is -0.570. The SMILES string of the molecule is CC.CCCN(C)C(=O)CO. The van der Waals surface area contributed by atoms with Crippen molar-refractivity contribution < 1.29 is 9.90 Å². The topological polar surface area (TPSA) is 40.5 Å². The van der Waals surface area contributed by atoms with Crippen LogP contribution < -0.4 is 0 Å². The Bertz CT molecular complexity index is 94.1. The van der Waals surface area contributed by atoms with E-state index in [9.17, 15) is 4.79 Å². The predicted octanol–water partition coefficient (Wildman–Crippen LogP) is 0.873. The lowest BCUT2D eigenvalue weighted by Gasteiger charge is -2.13. The fourth-order valence-corrected chi connectivity index (χ4v) is 0.581. The molecule has 68 valence electrons. The van der Waals surface area contributed by atoms with Gasteiger partial charge in [0.05, 0.1) is 0 Å². The summed E-state index contributed by atoms with van der Waals surface area (Å²) in [5.41, 5.74) is 0. The van der Waals surface area contributed by atoms with Crippen LogP contribution in [0.25, 0.3) is 0 Å². The van der Waals surface area contributed by atoms with Crippen molar-refractivity contribution >= 4 is 5.91 Å². The van der Waals surface area contributed by atoms with Crippen molar-refractivity contribution in [3.05, 3.63) is 0 Å². The van der Waals surface area contributed by atoms with E-state index >= 15 is 0 Å². The highest BCUT2D eigenvalue weighted by atomic mass is 16.3. The Labute approximate surface area is 69.0 Å². The first-order chi connectivity index (χ1) is 5.22. The van der Waals surface area contributed by atoms with Gasteiger partial charge < -0.3 is 10.0 Å². The van der Waals surface area contributed by atoms with Crippen LogP contribution in [-0.2, 0) is 4.79 Å². The Morgan fingerprint density at radius 1 is 1.45 bits per heavy atom. The number of amides is 1. The van der Waals surface area contributed by atoms with Crippen LogP contribution in [-0.4, -0.2) is 36.1 Å². The van der Waals surface area contributed by atoms with Crippen molar-refractivity contribution in [2.75, 3.05) is 20.2 Å². The lowest BCUT2D eigenvalue weighted by molar-refractivity contribution is -0.132. The van der Waals surface area contributed by atoms with E-state index in [4.69, 9.17) is 5.11 Å². The number of aliphatic hydroxyl groups is 1. The summed E-state index contributed by atoms with van der Waals surface area (Å²) in [5, 5.41) is 8.34. The Kier molecular flexibility index (Phi) is 11.2. The molecule has 0 aromatic heterocycles. The molecule has 0 rings (SSSR count). The van der Waals surface area contributed by atoms with Crippen molar-refractivity contribution in [2.24, 2.45) is 0 Å². The Balaban J connectivity index is 0. The van der Waals surface area contributed by atoms with Crippen LogP contribution in [0.5, 0.6) is 0 Å². The van der Waals surface area contributed by atoms with Gasteiger partial charge in [-0.25, -0.2) is 0 Å². The molecular weight excluding hydrogens is 142 g/mol. The third-order valence-electron chi connectivity index (χ3n) is 1.12. The van der Waals surface area contributed by atoms with Gasteiger partial charge in [0, 0.05) is 13.6 Å². The van der Waals surface area contributed by atoms with Crippen LogP contribution in [0, 0.1) is 0 Å². The van der Waals surface area contributed by atoms with E-state index in [1.165, 1.54) is 4.90 Å². The third kappa shape index (κ3) is 7.33. The van der Waals surface area contributed by atoms with Crippen LogP contribution in [0.2, 0.25) is 0 Å². The summed E-state index contributed by atoms with van der Waals surface area (Å²) < 4.78 is 0. The maximum atomic E-state index is 10.6.